The Morgan fingerprint density at radius 3 is 2.87 bits per heavy atom. The fourth-order valence-corrected chi connectivity index (χ4v) is 3.03. The Morgan fingerprint density at radius 2 is 2.17 bits per heavy atom. The van der Waals surface area contributed by atoms with Crippen LogP contribution in [0.5, 0.6) is 0 Å². The predicted molar refractivity (Wildman–Crippen MR) is 90.3 cm³/mol. The van der Waals surface area contributed by atoms with E-state index in [1.165, 1.54) is 6.07 Å². The molecular weight excluding hydrogens is 318 g/mol. The molecule has 1 fully saturated rings. The fourth-order valence-electron chi connectivity index (χ4n) is 3.03. The molecule has 1 aliphatic heterocycles. The second-order valence-corrected chi connectivity index (χ2v) is 5.95. The quantitative estimate of drug-likeness (QED) is 0.831. The van der Waals surface area contributed by atoms with E-state index in [4.69, 9.17) is 0 Å². The van der Waals surface area contributed by atoms with Gasteiger partial charge in [-0.3, -0.25) is 14.7 Å². The van der Waals surface area contributed by atoms with Crippen LogP contribution in [0.3, 0.4) is 0 Å². The Morgan fingerprint density at radius 1 is 1.43 bits per heavy atom. The molecule has 2 aromatic rings. The summed E-state index contributed by atoms with van der Waals surface area (Å²) in [6, 6.07) is 1.78. The Balaban J connectivity index is 0.00000192. The number of amides is 1. The van der Waals surface area contributed by atoms with Crippen molar-refractivity contribution in [1.82, 2.24) is 24.8 Å². The standard InChI is InChI=1S/C15H21N5O2.ClH/c1-9-8-19(5-4-16-9)15(22)6-12-10(2)17-13-7-14(21)18-20(13)11(12)3;/h7,9,16H,4-6,8H2,1-3H3,(H,18,21);1H/t9-;/m1./s1. The van der Waals surface area contributed by atoms with E-state index in [-0.39, 0.29) is 23.9 Å². The third kappa shape index (κ3) is 3.40. The van der Waals surface area contributed by atoms with Crippen molar-refractivity contribution in [2.45, 2.75) is 33.2 Å². The molecule has 1 aliphatic rings. The number of hydrogen-bond donors (Lipinski definition) is 2. The number of carbonyl (C=O) groups excluding carboxylic acids is 1. The Labute approximate surface area is 140 Å². The smallest absolute Gasteiger partial charge is 0.266 e. The molecular formula is C15H22ClN5O2. The molecule has 2 aromatic heterocycles. The van der Waals surface area contributed by atoms with Crippen molar-refractivity contribution >= 4 is 24.0 Å². The van der Waals surface area contributed by atoms with Crippen molar-refractivity contribution in [2.75, 3.05) is 19.6 Å². The molecule has 3 rings (SSSR count). The summed E-state index contributed by atoms with van der Waals surface area (Å²) in [4.78, 5) is 30.3. The summed E-state index contributed by atoms with van der Waals surface area (Å²) < 4.78 is 1.65. The van der Waals surface area contributed by atoms with Crippen molar-refractivity contribution < 1.29 is 4.79 Å². The lowest BCUT2D eigenvalue weighted by Gasteiger charge is -2.32. The summed E-state index contributed by atoms with van der Waals surface area (Å²) in [7, 11) is 0. The lowest BCUT2D eigenvalue weighted by Crippen LogP contribution is -2.51. The van der Waals surface area contributed by atoms with Crippen LogP contribution in [0.4, 0.5) is 0 Å². The summed E-state index contributed by atoms with van der Waals surface area (Å²) in [5, 5.41) is 6.05. The lowest BCUT2D eigenvalue weighted by atomic mass is 10.1. The molecule has 126 valence electrons. The molecule has 0 bridgehead atoms. The molecule has 1 saturated heterocycles. The first-order valence-corrected chi connectivity index (χ1v) is 7.54. The van der Waals surface area contributed by atoms with Gasteiger partial charge < -0.3 is 10.2 Å². The van der Waals surface area contributed by atoms with Gasteiger partial charge in [0.25, 0.3) is 5.56 Å². The Bertz CT molecular complexity index is 782. The maximum absolute atomic E-state index is 12.5. The molecule has 1 atom stereocenters. The van der Waals surface area contributed by atoms with Crippen molar-refractivity contribution in [3.8, 4) is 0 Å². The molecule has 0 spiro atoms. The topological polar surface area (TPSA) is 82.5 Å². The third-order valence-corrected chi connectivity index (χ3v) is 4.25. The molecule has 7 nitrogen and oxygen atoms in total. The van der Waals surface area contributed by atoms with Crippen molar-refractivity contribution in [3.05, 3.63) is 33.4 Å². The minimum atomic E-state index is -0.186. The summed E-state index contributed by atoms with van der Waals surface area (Å²) >= 11 is 0. The monoisotopic (exact) mass is 339 g/mol. The minimum Gasteiger partial charge on any atom is -0.340 e. The van der Waals surface area contributed by atoms with Crippen LogP contribution in [0.15, 0.2) is 10.9 Å². The summed E-state index contributed by atoms with van der Waals surface area (Å²) in [6.45, 7) is 8.15. The number of piperazine rings is 1. The molecule has 0 aliphatic carbocycles. The van der Waals surface area contributed by atoms with E-state index < -0.39 is 0 Å². The van der Waals surface area contributed by atoms with Gasteiger partial charge in [-0.2, -0.15) is 0 Å². The number of nitrogens with one attached hydrogen (secondary N) is 2. The van der Waals surface area contributed by atoms with Gasteiger partial charge in [0.1, 0.15) is 0 Å². The predicted octanol–water partition coefficient (Wildman–Crippen LogP) is 0.424. The Hall–Kier alpha value is -1.86. The van der Waals surface area contributed by atoms with Crippen LogP contribution < -0.4 is 10.9 Å². The zero-order chi connectivity index (χ0) is 15.9. The van der Waals surface area contributed by atoms with Gasteiger partial charge in [-0.25, -0.2) is 9.50 Å². The zero-order valence-corrected chi connectivity index (χ0v) is 14.4. The van der Waals surface area contributed by atoms with E-state index >= 15 is 0 Å². The average Bonchev–Trinajstić information content (AvgIpc) is 2.84. The van der Waals surface area contributed by atoms with Crippen molar-refractivity contribution in [3.63, 3.8) is 0 Å². The van der Waals surface area contributed by atoms with Gasteiger partial charge in [0.05, 0.1) is 6.42 Å². The first kappa shape index (κ1) is 17.5. The molecule has 3 heterocycles. The maximum Gasteiger partial charge on any atom is 0.266 e. The molecule has 0 saturated carbocycles. The first-order valence-electron chi connectivity index (χ1n) is 7.54. The number of aryl methyl sites for hydroxylation is 2. The maximum atomic E-state index is 12.5. The first-order chi connectivity index (χ1) is 10.5. The van der Waals surface area contributed by atoms with E-state index in [1.807, 2.05) is 18.7 Å². The number of aromatic amines is 1. The molecule has 0 unspecified atom stereocenters. The normalized spacial score (nSPS) is 18.0. The van der Waals surface area contributed by atoms with Gasteiger partial charge in [-0.05, 0) is 20.8 Å². The summed E-state index contributed by atoms with van der Waals surface area (Å²) in [6.07, 6.45) is 0.313. The van der Waals surface area contributed by atoms with Gasteiger partial charge in [0, 0.05) is 48.7 Å². The highest BCUT2D eigenvalue weighted by Crippen LogP contribution is 2.15. The van der Waals surface area contributed by atoms with Gasteiger partial charge in [-0.15, -0.1) is 12.4 Å². The molecule has 8 heteroatoms. The van der Waals surface area contributed by atoms with Crippen LogP contribution in [0.1, 0.15) is 23.9 Å². The number of aromatic nitrogens is 3. The number of rotatable bonds is 2. The van der Waals surface area contributed by atoms with E-state index in [0.717, 1.165) is 36.6 Å². The van der Waals surface area contributed by atoms with Gasteiger partial charge >= 0.3 is 0 Å². The van der Waals surface area contributed by atoms with Gasteiger partial charge in [0.15, 0.2) is 5.65 Å². The van der Waals surface area contributed by atoms with Crippen LogP contribution in [0.25, 0.3) is 5.65 Å². The Kier molecular flexibility index (Phi) is 5.11. The minimum absolute atomic E-state index is 0. The second-order valence-electron chi connectivity index (χ2n) is 5.95. The van der Waals surface area contributed by atoms with E-state index in [0.29, 0.717) is 18.1 Å². The number of fused-ring (bicyclic) bond motifs is 1. The second kappa shape index (κ2) is 6.72. The number of nitrogens with zero attached hydrogens (tertiary/aromatic N) is 3. The number of halogens is 1. The highest BCUT2D eigenvalue weighted by atomic mass is 35.5. The van der Waals surface area contributed by atoms with Gasteiger partial charge in [-0.1, -0.05) is 0 Å². The summed E-state index contributed by atoms with van der Waals surface area (Å²) in [5.74, 6) is 0.107. The van der Waals surface area contributed by atoms with Crippen LogP contribution >= 0.6 is 12.4 Å². The SMILES string of the molecule is Cc1nc2cc(=O)[nH]n2c(C)c1CC(=O)N1CCN[C@H](C)C1.Cl. The molecule has 23 heavy (non-hydrogen) atoms. The van der Waals surface area contributed by atoms with Gasteiger partial charge in [0.2, 0.25) is 5.91 Å². The van der Waals surface area contributed by atoms with Crippen LogP contribution in [-0.2, 0) is 11.2 Å². The average molecular weight is 340 g/mol. The van der Waals surface area contributed by atoms with Crippen LogP contribution in [0, 0.1) is 13.8 Å². The van der Waals surface area contributed by atoms with Crippen LogP contribution in [0.2, 0.25) is 0 Å². The highest BCUT2D eigenvalue weighted by Gasteiger charge is 2.22. The summed E-state index contributed by atoms with van der Waals surface area (Å²) in [5.41, 5.74) is 2.95. The number of carbonyl (C=O) groups is 1. The van der Waals surface area contributed by atoms with E-state index in [9.17, 15) is 9.59 Å². The van der Waals surface area contributed by atoms with Crippen molar-refractivity contribution in [1.29, 1.82) is 0 Å². The molecule has 0 radical (unpaired) electrons. The lowest BCUT2D eigenvalue weighted by molar-refractivity contribution is -0.131. The number of hydrogen-bond acceptors (Lipinski definition) is 4. The van der Waals surface area contributed by atoms with E-state index in [2.05, 4.69) is 22.3 Å². The molecule has 0 aromatic carbocycles. The third-order valence-electron chi connectivity index (χ3n) is 4.25. The van der Waals surface area contributed by atoms with Crippen molar-refractivity contribution in [2.24, 2.45) is 0 Å². The number of H-pyrrole nitrogens is 1. The fraction of sp³-hybridized carbons (Fsp3) is 0.533. The van der Waals surface area contributed by atoms with E-state index in [1.54, 1.807) is 4.52 Å². The highest BCUT2D eigenvalue weighted by molar-refractivity contribution is 5.85. The molecule has 2 N–H and O–H groups in total. The van der Waals surface area contributed by atoms with Crippen LogP contribution in [-0.4, -0.2) is 51.1 Å². The largest absolute Gasteiger partial charge is 0.340 e. The molecule has 1 amide bonds. The zero-order valence-electron chi connectivity index (χ0n) is 13.5.